The molecule has 114 valence electrons. The van der Waals surface area contributed by atoms with Crippen LogP contribution in [0.4, 0.5) is 0 Å². The molecule has 0 radical (unpaired) electrons. The molecule has 0 saturated carbocycles. The van der Waals surface area contributed by atoms with Crippen LogP contribution in [0.2, 0.25) is 0 Å². The highest BCUT2D eigenvalue weighted by atomic mass is 79.9. The summed E-state index contributed by atoms with van der Waals surface area (Å²) in [5.74, 6) is -1.50. The molecule has 1 rings (SSSR count). The molecule has 1 aromatic rings. The molecule has 0 aliphatic rings. The highest BCUT2D eigenvalue weighted by molar-refractivity contribution is 9.13. The molecule has 0 saturated heterocycles. The molecule has 0 atom stereocenters. The van der Waals surface area contributed by atoms with Crippen LogP contribution in [0.25, 0.3) is 0 Å². The maximum Gasteiger partial charge on any atom is 0.446 e. The maximum atomic E-state index is 10.7. The number of halogens is 2. The molecule has 0 fully saturated rings. The van der Waals surface area contributed by atoms with Gasteiger partial charge in [-0.15, -0.1) is 0 Å². The molecular formula is C7H6Br2O9S2. The Hall–Kier alpha value is -0.440. The van der Waals surface area contributed by atoms with E-state index in [1.165, 1.54) is 0 Å². The van der Waals surface area contributed by atoms with Crippen molar-refractivity contribution in [1.29, 1.82) is 0 Å². The molecule has 0 bridgehead atoms. The summed E-state index contributed by atoms with van der Waals surface area (Å²) >= 11 is 5.85. The number of benzene rings is 1. The molecule has 0 aromatic heterocycles. The van der Waals surface area contributed by atoms with E-state index < -0.39 is 38.9 Å². The predicted molar refractivity (Wildman–Crippen MR) is 72.1 cm³/mol. The van der Waals surface area contributed by atoms with Crippen molar-refractivity contribution < 1.29 is 39.4 Å². The van der Waals surface area contributed by atoms with Crippen LogP contribution in [0.5, 0.6) is 11.5 Å². The average molecular weight is 458 g/mol. The third-order valence-electron chi connectivity index (χ3n) is 1.76. The van der Waals surface area contributed by atoms with Gasteiger partial charge in [-0.25, -0.2) is 0 Å². The minimum atomic E-state index is -4.98. The zero-order valence-electron chi connectivity index (χ0n) is 9.15. The van der Waals surface area contributed by atoms with Crippen molar-refractivity contribution in [3.63, 3.8) is 0 Å². The second-order valence-electron chi connectivity index (χ2n) is 3.17. The fourth-order valence-corrected chi connectivity index (χ4v) is 2.89. The Morgan fingerprint density at radius 1 is 1.00 bits per heavy atom. The summed E-state index contributed by atoms with van der Waals surface area (Å²) in [5.41, 5.74) is 0.0956. The van der Waals surface area contributed by atoms with Crippen LogP contribution in [0.1, 0.15) is 5.56 Å². The van der Waals surface area contributed by atoms with E-state index in [-0.39, 0.29) is 14.5 Å². The molecule has 0 aliphatic heterocycles. The summed E-state index contributed by atoms with van der Waals surface area (Å²) in [6.45, 7) is -0.562. The van der Waals surface area contributed by atoms with Crippen molar-refractivity contribution in [1.82, 2.24) is 0 Å². The Morgan fingerprint density at radius 3 is 1.90 bits per heavy atom. The molecular weight excluding hydrogens is 452 g/mol. The summed E-state index contributed by atoms with van der Waals surface area (Å²) in [5, 5.41) is 9.06. The van der Waals surface area contributed by atoms with E-state index in [0.29, 0.717) is 0 Å². The van der Waals surface area contributed by atoms with Gasteiger partial charge in [0.1, 0.15) is 0 Å². The second-order valence-corrected chi connectivity index (χ2v) is 6.80. The highest BCUT2D eigenvalue weighted by Crippen LogP contribution is 2.43. The summed E-state index contributed by atoms with van der Waals surface area (Å²) < 4.78 is 68.3. The van der Waals surface area contributed by atoms with Gasteiger partial charge in [-0.05, 0) is 43.5 Å². The van der Waals surface area contributed by atoms with Gasteiger partial charge in [0.15, 0.2) is 5.75 Å². The summed E-state index contributed by atoms with van der Waals surface area (Å²) in [4.78, 5) is 0. The first-order valence-corrected chi connectivity index (χ1v) is 8.71. The van der Waals surface area contributed by atoms with E-state index in [1.807, 2.05) is 0 Å². The Balaban J connectivity index is 3.56. The summed E-state index contributed by atoms with van der Waals surface area (Å²) in [6.07, 6.45) is 0. The number of aliphatic hydroxyl groups excluding tert-OH is 1. The molecule has 0 unspecified atom stereocenters. The van der Waals surface area contributed by atoms with Gasteiger partial charge in [-0.1, -0.05) is 0 Å². The van der Waals surface area contributed by atoms with E-state index in [0.717, 1.165) is 6.07 Å². The molecule has 0 aliphatic carbocycles. The normalized spacial score (nSPS) is 12.2. The van der Waals surface area contributed by atoms with E-state index in [4.69, 9.17) is 14.2 Å². The van der Waals surface area contributed by atoms with Crippen molar-refractivity contribution >= 4 is 52.7 Å². The SMILES string of the molecule is O=S(=O)(O)Oc1cc(CO)c(Br)c(Br)c1OS(=O)(=O)O. The van der Waals surface area contributed by atoms with Gasteiger partial charge in [0.2, 0.25) is 5.75 Å². The van der Waals surface area contributed by atoms with Crippen LogP contribution in [0, 0.1) is 0 Å². The van der Waals surface area contributed by atoms with Crippen molar-refractivity contribution in [3.8, 4) is 11.5 Å². The van der Waals surface area contributed by atoms with Gasteiger partial charge >= 0.3 is 20.8 Å². The molecule has 0 spiro atoms. The number of hydrogen-bond donors (Lipinski definition) is 3. The van der Waals surface area contributed by atoms with Gasteiger partial charge < -0.3 is 13.5 Å². The van der Waals surface area contributed by atoms with E-state index in [2.05, 4.69) is 40.2 Å². The minimum Gasteiger partial charge on any atom is -0.392 e. The molecule has 0 heterocycles. The van der Waals surface area contributed by atoms with Gasteiger partial charge in [0, 0.05) is 4.47 Å². The topological polar surface area (TPSA) is 147 Å². The second kappa shape index (κ2) is 6.13. The minimum absolute atomic E-state index is 0.0956. The molecule has 1 aromatic carbocycles. The standard InChI is InChI=1S/C7H6Br2O9S2/c8-5-3(2-10)1-4(17-19(11,12)13)7(6(5)9)18-20(14,15)16/h1,10H,2H2,(H,11,12,13)(H,14,15,16). The van der Waals surface area contributed by atoms with E-state index >= 15 is 0 Å². The first-order valence-electron chi connectivity index (χ1n) is 4.40. The predicted octanol–water partition coefficient (Wildman–Crippen LogP) is 1.07. The number of hydrogen-bond acceptors (Lipinski definition) is 7. The third kappa shape index (κ3) is 4.83. The van der Waals surface area contributed by atoms with Gasteiger partial charge in [-0.2, -0.15) is 16.8 Å². The smallest absolute Gasteiger partial charge is 0.392 e. The molecule has 0 amide bonds. The van der Waals surface area contributed by atoms with Gasteiger partial charge in [0.25, 0.3) is 0 Å². The third-order valence-corrected chi connectivity index (χ3v) is 4.72. The van der Waals surface area contributed by atoms with Crippen LogP contribution in [-0.4, -0.2) is 31.0 Å². The first-order chi connectivity index (χ1) is 8.94. The average Bonchev–Trinajstić information content (AvgIpc) is 2.25. The first kappa shape index (κ1) is 17.6. The van der Waals surface area contributed by atoms with E-state index in [1.54, 1.807) is 0 Å². The lowest BCUT2D eigenvalue weighted by molar-refractivity contribution is 0.280. The van der Waals surface area contributed by atoms with Crippen LogP contribution in [-0.2, 0) is 27.4 Å². The van der Waals surface area contributed by atoms with Crippen molar-refractivity contribution in [2.75, 3.05) is 0 Å². The zero-order chi connectivity index (χ0) is 15.7. The quantitative estimate of drug-likeness (QED) is 0.552. The highest BCUT2D eigenvalue weighted by Gasteiger charge is 2.24. The summed E-state index contributed by atoms with van der Waals surface area (Å²) in [7, 11) is -9.97. The fourth-order valence-electron chi connectivity index (χ4n) is 1.11. The van der Waals surface area contributed by atoms with Gasteiger partial charge in [0.05, 0.1) is 11.1 Å². The van der Waals surface area contributed by atoms with Gasteiger partial charge in [-0.3, -0.25) is 9.11 Å². The van der Waals surface area contributed by atoms with Crippen LogP contribution >= 0.6 is 31.9 Å². The Bertz CT molecular complexity index is 725. The summed E-state index contributed by atoms with van der Waals surface area (Å²) in [6, 6.07) is 0.892. The Kier molecular flexibility index (Phi) is 5.40. The van der Waals surface area contributed by atoms with Crippen molar-refractivity contribution in [2.24, 2.45) is 0 Å². The largest absolute Gasteiger partial charge is 0.446 e. The van der Waals surface area contributed by atoms with Crippen LogP contribution in [0.15, 0.2) is 15.0 Å². The monoisotopic (exact) mass is 456 g/mol. The van der Waals surface area contributed by atoms with Crippen molar-refractivity contribution in [3.05, 3.63) is 20.6 Å². The molecule has 9 nitrogen and oxygen atoms in total. The van der Waals surface area contributed by atoms with Crippen LogP contribution in [0.3, 0.4) is 0 Å². The number of rotatable bonds is 5. The zero-order valence-corrected chi connectivity index (χ0v) is 14.0. The van der Waals surface area contributed by atoms with Crippen LogP contribution < -0.4 is 8.37 Å². The lowest BCUT2D eigenvalue weighted by Crippen LogP contribution is -2.12. The number of aliphatic hydroxyl groups is 1. The molecule has 13 heteroatoms. The molecule has 20 heavy (non-hydrogen) atoms. The Morgan fingerprint density at radius 2 is 1.50 bits per heavy atom. The lowest BCUT2D eigenvalue weighted by Gasteiger charge is -2.13. The maximum absolute atomic E-state index is 10.7. The van der Waals surface area contributed by atoms with E-state index in [9.17, 15) is 16.8 Å². The van der Waals surface area contributed by atoms with Crippen molar-refractivity contribution in [2.45, 2.75) is 6.61 Å². The fraction of sp³-hybridized carbons (Fsp3) is 0.143. The molecule has 3 N–H and O–H groups in total. The Labute approximate surface area is 130 Å². The lowest BCUT2D eigenvalue weighted by atomic mass is 10.2.